The van der Waals surface area contributed by atoms with E-state index in [0.29, 0.717) is 28.9 Å². The molecular formula is C20H17ClN4O3. The Morgan fingerprint density at radius 3 is 2.82 bits per heavy atom. The predicted octanol–water partition coefficient (Wildman–Crippen LogP) is 3.84. The lowest BCUT2D eigenvalue weighted by Gasteiger charge is -2.09. The number of halogens is 1. The van der Waals surface area contributed by atoms with Gasteiger partial charge in [0.25, 0.3) is 5.91 Å². The zero-order valence-electron chi connectivity index (χ0n) is 15.0. The molecule has 7 nitrogen and oxygen atoms in total. The predicted molar refractivity (Wildman–Crippen MR) is 105 cm³/mol. The van der Waals surface area contributed by atoms with Crippen LogP contribution < -0.4 is 20.1 Å². The van der Waals surface area contributed by atoms with Crippen molar-refractivity contribution in [3.63, 3.8) is 0 Å². The van der Waals surface area contributed by atoms with E-state index in [0.717, 1.165) is 16.8 Å². The Morgan fingerprint density at radius 2 is 1.96 bits per heavy atom. The van der Waals surface area contributed by atoms with Crippen LogP contribution in [0.15, 0.2) is 48.8 Å². The second kappa shape index (κ2) is 7.74. The Bertz CT molecular complexity index is 1040. The van der Waals surface area contributed by atoms with E-state index >= 15 is 0 Å². The molecule has 0 atom stereocenters. The Balaban J connectivity index is 1.41. The standard InChI is InChI=1S/C20H17ClN4O3/c1-12-2-4-14(7-15(12)21)25-19-8-16(23-10-24-19)20(26)22-9-13-3-5-17-18(6-13)28-11-27-17/h2-8,10H,9,11H2,1H3,(H,22,26)(H,23,24,25). The molecule has 0 aliphatic carbocycles. The van der Waals surface area contributed by atoms with E-state index in [1.54, 1.807) is 12.1 Å². The van der Waals surface area contributed by atoms with E-state index in [9.17, 15) is 4.79 Å². The van der Waals surface area contributed by atoms with Gasteiger partial charge in [0.15, 0.2) is 11.5 Å². The van der Waals surface area contributed by atoms with Gasteiger partial charge in [-0.15, -0.1) is 0 Å². The largest absolute Gasteiger partial charge is 0.454 e. The number of ether oxygens (including phenoxy) is 2. The fourth-order valence-electron chi connectivity index (χ4n) is 2.69. The monoisotopic (exact) mass is 396 g/mol. The van der Waals surface area contributed by atoms with E-state index < -0.39 is 0 Å². The highest BCUT2D eigenvalue weighted by Gasteiger charge is 2.14. The highest BCUT2D eigenvalue weighted by atomic mass is 35.5. The molecule has 4 rings (SSSR count). The maximum atomic E-state index is 12.4. The summed E-state index contributed by atoms with van der Waals surface area (Å²) in [5.74, 6) is 1.59. The van der Waals surface area contributed by atoms with Gasteiger partial charge in [-0.3, -0.25) is 4.79 Å². The van der Waals surface area contributed by atoms with Crippen LogP contribution in [0.25, 0.3) is 0 Å². The molecule has 2 aromatic carbocycles. The summed E-state index contributed by atoms with van der Waals surface area (Å²) in [6, 6.07) is 12.7. The third-order valence-electron chi connectivity index (χ3n) is 4.23. The number of aryl methyl sites for hydroxylation is 1. The lowest BCUT2D eigenvalue weighted by atomic mass is 10.2. The molecule has 1 amide bonds. The van der Waals surface area contributed by atoms with Crippen molar-refractivity contribution in [2.24, 2.45) is 0 Å². The third-order valence-corrected chi connectivity index (χ3v) is 4.64. The zero-order chi connectivity index (χ0) is 19.5. The van der Waals surface area contributed by atoms with Crippen LogP contribution >= 0.6 is 11.6 Å². The lowest BCUT2D eigenvalue weighted by Crippen LogP contribution is -2.24. The summed E-state index contributed by atoms with van der Waals surface area (Å²) in [4.78, 5) is 20.6. The first-order valence-electron chi connectivity index (χ1n) is 8.60. The maximum absolute atomic E-state index is 12.4. The summed E-state index contributed by atoms with van der Waals surface area (Å²) in [5.41, 5.74) is 2.93. The molecule has 142 valence electrons. The molecule has 0 saturated carbocycles. The Hall–Kier alpha value is -3.32. The number of nitrogens with one attached hydrogen (secondary N) is 2. The van der Waals surface area contributed by atoms with Crippen LogP contribution in [0.4, 0.5) is 11.5 Å². The van der Waals surface area contributed by atoms with E-state index in [-0.39, 0.29) is 18.4 Å². The van der Waals surface area contributed by atoms with Crippen LogP contribution in [-0.4, -0.2) is 22.7 Å². The molecule has 28 heavy (non-hydrogen) atoms. The quantitative estimate of drug-likeness (QED) is 0.681. The minimum Gasteiger partial charge on any atom is -0.454 e. The van der Waals surface area contributed by atoms with Crippen LogP contribution in [-0.2, 0) is 6.54 Å². The first-order chi connectivity index (χ1) is 13.6. The van der Waals surface area contributed by atoms with E-state index in [1.807, 2.05) is 37.3 Å². The van der Waals surface area contributed by atoms with Crippen molar-refractivity contribution in [3.8, 4) is 11.5 Å². The van der Waals surface area contributed by atoms with Gasteiger partial charge in [-0.2, -0.15) is 0 Å². The van der Waals surface area contributed by atoms with Gasteiger partial charge >= 0.3 is 0 Å². The number of aromatic nitrogens is 2. The van der Waals surface area contributed by atoms with Gasteiger partial charge in [0.2, 0.25) is 6.79 Å². The van der Waals surface area contributed by atoms with Crippen molar-refractivity contribution in [1.29, 1.82) is 0 Å². The van der Waals surface area contributed by atoms with Gasteiger partial charge in [-0.05, 0) is 42.3 Å². The number of anilines is 2. The van der Waals surface area contributed by atoms with Crippen molar-refractivity contribution in [3.05, 3.63) is 70.6 Å². The number of carbonyl (C=O) groups is 1. The van der Waals surface area contributed by atoms with Crippen molar-refractivity contribution in [2.75, 3.05) is 12.1 Å². The Labute approximate surface area is 166 Å². The summed E-state index contributed by atoms with van der Waals surface area (Å²) in [7, 11) is 0. The van der Waals surface area contributed by atoms with Crippen molar-refractivity contribution in [1.82, 2.24) is 15.3 Å². The fourth-order valence-corrected chi connectivity index (χ4v) is 2.87. The minimum absolute atomic E-state index is 0.216. The molecule has 1 aromatic heterocycles. The summed E-state index contributed by atoms with van der Waals surface area (Å²) in [6.45, 7) is 2.49. The summed E-state index contributed by atoms with van der Waals surface area (Å²) in [6.07, 6.45) is 1.34. The van der Waals surface area contributed by atoms with E-state index in [1.165, 1.54) is 6.33 Å². The number of hydrogen-bond donors (Lipinski definition) is 2. The summed E-state index contributed by atoms with van der Waals surface area (Å²) >= 11 is 6.14. The molecule has 0 bridgehead atoms. The zero-order valence-corrected chi connectivity index (χ0v) is 15.8. The second-order valence-electron chi connectivity index (χ2n) is 6.25. The van der Waals surface area contributed by atoms with Gasteiger partial charge < -0.3 is 20.1 Å². The van der Waals surface area contributed by atoms with Crippen LogP contribution in [0.3, 0.4) is 0 Å². The number of rotatable bonds is 5. The van der Waals surface area contributed by atoms with Crippen LogP contribution in [0.5, 0.6) is 11.5 Å². The molecular weight excluding hydrogens is 380 g/mol. The van der Waals surface area contributed by atoms with Crippen LogP contribution in [0, 0.1) is 6.92 Å². The molecule has 8 heteroatoms. The van der Waals surface area contributed by atoms with Crippen LogP contribution in [0.1, 0.15) is 21.6 Å². The smallest absolute Gasteiger partial charge is 0.270 e. The fraction of sp³-hybridized carbons (Fsp3) is 0.150. The molecule has 2 heterocycles. The summed E-state index contributed by atoms with van der Waals surface area (Å²) < 4.78 is 10.6. The molecule has 3 aromatic rings. The van der Waals surface area contributed by atoms with E-state index in [2.05, 4.69) is 20.6 Å². The third kappa shape index (κ3) is 3.99. The van der Waals surface area contributed by atoms with Crippen molar-refractivity contribution >= 4 is 29.0 Å². The second-order valence-corrected chi connectivity index (χ2v) is 6.65. The van der Waals surface area contributed by atoms with Gasteiger partial charge in [0.1, 0.15) is 17.8 Å². The lowest BCUT2D eigenvalue weighted by molar-refractivity contribution is 0.0945. The maximum Gasteiger partial charge on any atom is 0.270 e. The van der Waals surface area contributed by atoms with Gasteiger partial charge in [0.05, 0.1) is 0 Å². The van der Waals surface area contributed by atoms with Crippen LogP contribution in [0.2, 0.25) is 5.02 Å². The first-order valence-corrected chi connectivity index (χ1v) is 8.98. The van der Waals surface area contributed by atoms with E-state index in [4.69, 9.17) is 21.1 Å². The molecule has 1 aliphatic rings. The molecule has 0 unspecified atom stereocenters. The highest BCUT2D eigenvalue weighted by molar-refractivity contribution is 6.31. The average Bonchev–Trinajstić information content (AvgIpc) is 3.17. The Morgan fingerprint density at radius 1 is 1.11 bits per heavy atom. The highest BCUT2D eigenvalue weighted by Crippen LogP contribution is 2.32. The minimum atomic E-state index is -0.301. The number of fused-ring (bicyclic) bond motifs is 1. The number of hydrogen-bond acceptors (Lipinski definition) is 6. The summed E-state index contributed by atoms with van der Waals surface area (Å²) in [5, 5.41) is 6.62. The number of carbonyl (C=O) groups excluding carboxylic acids is 1. The molecule has 0 fully saturated rings. The number of benzene rings is 2. The number of amides is 1. The molecule has 2 N–H and O–H groups in total. The topological polar surface area (TPSA) is 85.4 Å². The molecule has 0 saturated heterocycles. The normalized spacial score (nSPS) is 11.9. The molecule has 0 radical (unpaired) electrons. The van der Waals surface area contributed by atoms with Gasteiger partial charge in [-0.1, -0.05) is 23.7 Å². The van der Waals surface area contributed by atoms with Gasteiger partial charge in [0, 0.05) is 23.3 Å². The van der Waals surface area contributed by atoms with Crippen molar-refractivity contribution < 1.29 is 14.3 Å². The molecule has 1 aliphatic heterocycles. The SMILES string of the molecule is Cc1ccc(Nc2cc(C(=O)NCc3ccc4c(c3)OCO4)ncn2)cc1Cl. The number of nitrogens with zero attached hydrogens (tertiary/aromatic N) is 2. The first kappa shape index (κ1) is 18.1. The van der Waals surface area contributed by atoms with Crippen molar-refractivity contribution in [2.45, 2.75) is 13.5 Å². The van der Waals surface area contributed by atoms with Gasteiger partial charge in [-0.25, -0.2) is 9.97 Å². The molecule has 0 spiro atoms. The Kier molecular flexibility index (Phi) is 4.99. The average molecular weight is 397 g/mol.